The molecular formula is C17H18F2O. The van der Waals surface area contributed by atoms with E-state index in [1.807, 2.05) is 19.1 Å². The van der Waals surface area contributed by atoms with Gasteiger partial charge in [0.15, 0.2) is 0 Å². The summed E-state index contributed by atoms with van der Waals surface area (Å²) in [6, 6.07) is 9.37. The highest BCUT2D eigenvalue weighted by Gasteiger charge is 2.08. The van der Waals surface area contributed by atoms with Gasteiger partial charge in [-0.1, -0.05) is 26.0 Å². The van der Waals surface area contributed by atoms with Gasteiger partial charge >= 0.3 is 0 Å². The van der Waals surface area contributed by atoms with Crippen molar-refractivity contribution in [3.8, 4) is 5.75 Å². The van der Waals surface area contributed by atoms with E-state index in [2.05, 4.69) is 19.9 Å². The molecule has 0 aliphatic rings. The first kappa shape index (κ1) is 14.5. The van der Waals surface area contributed by atoms with Crippen LogP contribution in [0.5, 0.6) is 5.75 Å². The second kappa shape index (κ2) is 6.04. The molecule has 0 amide bonds. The molecule has 0 atom stereocenters. The molecule has 0 aliphatic carbocycles. The average molecular weight is 276 g/mol. The summed E-state index contributed by atoms with van der Waals surface area (Å²) in [7, 11) is 0. The van der Waals surface area contributed by atoms with Crippen LogP contribution in [0.3, 0.4) is 0 Å². The van der Waals surface area contributed by atoms with Gasteiger partial charge in [-0.25, -0.2) is 8.78 Å². The van der Waals surface area contributed by atoms with Crippen LogP contribution >= 0.6 is 0 Å². The topological polar surface area (TPSA) is 9.23 Å². The van der Waals surface area contributed by atoms with E-state index < -0.39 is 11.6 Å². The number of hydrogen-bond acceptors (Lipinski definition) is 1. The van der Waals surface area contributed by atoms with Gasteiger partial charge in [0.1, 0.15) is 24.0 Å². The molecule has 0 aromatic heterocycles. The van der Waals surface area contributed by atoms with Gasteiger partial charge in [0.25, 0.3) is 0 Å². The van der Waals surface area contributed by atoms with Crippen LogP contribution in [-0.2, 0) is 6.61 Å². The quantitative estimate of drug-likeness (QED) is 0.765. The van der Waals surface area contributed by atoms with E-state index in [-0.39, 0.29) is 12.2 Å². The zero-order valence-electron chi connectivity index (χ0n) is 11.9. The predicted molar refractivity (Wildman–Crippen MR) is 76.0 cm³/mol. The standard InChI is InChI=1S/C17H18F2O/c1-11(2)13-5-4-12(3)17(9-13)20-10-14-8-15(18)6-7-16(14)19/h4-9,11H,10H2,1-3H3. The maximum Gasteiger partial charge on any atom is 0.130 e. The fraction of sp³-hybridized carbons (Fsp3) is 0.294. The largest absolute Gasteiger partial charge is 0.489 e. The Bertz CT molecular complexity index is 606. The smallest absolute Gasteiger partial charge is 0.130 e. The fourth-order valence-electron chi connectivity index (χ4n) is 1.94. The van der Waals surface area contributed by atoms with Gasteiger partial charge in [-0.2, -0.15) is 0 Å². The molecule has 20 heavy (non-hydrogen) atoms. The number of ether oxygens (including phenoxy) is 1. The van der Waals surface area contributed by atoms with Crippen molar-refractivity contribution in [1.82, 2.24) is 0 Å². The van der Waals surface area contributed by atoms with Crippen LogP contribution in [0.15, 0.2) is 36.4 Å². The molecule has 0 heterocycles. The zero-order chi connectivity index (χ0) is 14.7. The van der Waals surface area contributed by atoms with Crippen molar-refractivity contribution in [1.29, 1.82) is 0 Å². The second-order valence-electron chi connectivity index (χ2n) is 5.20. The van der Waals surface area contributed by atoms with Crippen molar-refractivity contribution in [3.05, 3.63) is 64.7 Å². The van der Waals surface area contributed by atoms with E-state index in [1.54, 1.807) is 0 Å². The van der Waals surface area contributed by atoms with E-state index >= 15 is 0 Å². The summed E-state index contributed by atoms with van der Waals surface area (Å²) in [6.07, 6.45) is 0. The summed E-state index contributed by atoms with van der Waals surface area (Å²) in [5.41, 5.74) is 2.36. The highest BCUT2D eigenvalue weighted by molar-refractivity contribution is 5.38. The number of rotatable bonds is 4. The summed E-state index contributed by atoms with van der Waals surface area (Å²) in [5.74, 6) is 0.186. The van der Waals surface area contributed by atoms with Crippen molar-refractivity contribution < 1.29 is 13.5 Å². The van der Waals surface area contributed by atoms with Crippen LogP contribution in [0.1, 0.15) is 36.5 Å². The van der Waals surface area contributed by atoms with Gasteiger partial charge < -0.3 is 4.74 Å². The lowest BCUT2D eigenvalue weighted by Crippen LogP contribution is -2.01. The second-order valence-corrected chi connectivity index (χ2v) is 5.20. The average Bonchev–Trinajstić information content (AvgIpc) is 2.41. The highest BCUT2D eigenvalue weighted by Crippen LogP contribution is 2.25. The van der Waals surface area contributed by atoms with E-state index in [4.69, 9.17) is 4.74 Å². The molecule has 2 aromatic rings. The fourth-order valence-corrected chi connectivity index (χ4v) is 1.94. The lowest BCUT2D eigenvalue weighted by Gasteiger charge is -2.13. The Kier molecular flexibility index (Phi) is 4.38. The van der Waals surface area contributed by atoms with Crippen molar-refractivity contribution >= 4 is 0 Å². The zero-order valence-corrected chi connectivity index (χ0v) is 11.9. The molecule has 0 bridgehead atoms. The summed E-state index contributed by atoms with van der Waals surface area (Å²) in [4.78, 5) is 0. The molecule has 0 unspecified atom stereocenters. The Balaban J connectivity index is 2.18. The van der Waals surface area contributed by atoms with E-state index in [1.165, 1.54) is 0 Å². The first-order chi connectivity index (χ1) is 9.47. The highest BCUT2D eigenvalue weighted by atomic mass is 19.1. The Morgan fingerprint density at radius 3 is 2.50 bits per heavy atom. The first-order valence-corrected chi connectivity index (χ1v) is 6.64. The molecule has 0 N–H and O–H groups in total. The van der Waals surface area contributed by atoms with Crippen LogP contribution in [0.2, 0.25) is 0 Å². The summed E-state index contributed by atoms with van der Waals surface area (Å²) >= 11 is 0. The minimum absolute atomic E-state index is 0.0198. The Labute approximate surface area is 118 Å². The van der Waals surface area contributed by atoms with E-state index in [0.29, 0.717) is 11.7 Å². The van der Waals surface area contributed by atoms with Crippen molar-refractivity contribution in [2.45, 2.75) is 33.3 Å². The SMILES string of the molecule is Cc1ccc(C(C)C)cc1OCc1cc(F)ccc1F. The van der Waals surface area contributed by atoms with Gasteiger partial charge in [0.05, 0.1) is 0 Å². The van der Waals surface area contributed by atoms with Crippen molar-refractivity contribution in [2.24, 2.45) is 0 Å². The summed E-state index contributed by atoms with van der Waals surface area (Å²) < 4.78 is 32.3. The molecule has 3 heteroatoms. The molecule has 0 aliphatic heterocycles. The predicted octanol–water partition coefficient (Wildman–Crippen LogP) is 4.98. The third-order valence-electron chi connectivity index (χ3n) is 3.27. The van der Waals surface area contributed by atoms with Gasteiger partial charge in [0, 0.05) is 5.56 Å². The monoisotopic (exact) mass is 276 g/mol. The van der Waals surface area contributed by atoms with Gasteiger partial charge in [-0.05, 0) is 48.2 Å². The Hall–Kier alpha value is -1.90. The minimum Gasteiger partial charge on any atom is -0.489 e. The maximum absolute atomic E-state index is 13.5. The van der Waals surface area contributed by atoms with Crippen molar-refractivity contribution in [2.75, 3.05) is 0 Å². The molecule has 0 saturated carbocycles. The Morgan fingerprint density at radius 2 is 1.80 bits per heavy atom. The van der Waals surface area contributed by atoms with E-state index in [0.717, 1.165) is 29.3 Å². The third-order valence-corrected chi connectivity index (χ3v) is 3.27. The molecule has 106 valence electrons. The van der Waals surface area contributed by atoms with Gasteiger partial charge in [-0.15, -0.1) is 0 Å². The van der Waals surface area contributed by atoms with Crippen LogP contribution in [-0.4, -0.2) is 0 Å². The lowest BCUT2D eigenvalue weighted by atomic mass is 10.0. The minimum atomic E-state index is -0.461. The number of halogens is 2. The molecule has 2 rings (SSSR count). The van der Waals surface area contributed by atoms with E-state index in [9.17, 15) is 8.78 Å². The number of benzene rings is 2. The molecule has 0 spiro atoms. The molecule has 2 aromatic carbocycles. The van der Waals surface area contributed by atoms with Crippen LogP contribution in [0.4, 0.5) is 8.78 Å². The normalized spacial score (nSPS) is 10.9. The molecule has 1 nitrogen and oxygen atoms in total. The lowest BCUT2D eigenvalue weighted by molar-refractivity contribution is 0.296. The van der Waals surface area contributed by atoms with Gasteiger partial charge in [0.2, 0.25) is 0 Å². The first-order valence-electron chi connectivity index (χ1n) is 6.64. The number of hydrogen-bond donors (Lipinski definition) is 0. The third kappa shape index (κ3) is 3.35. The Morgan fingerprint density at radius 1 is 1.05 bits per heavy atom. The van der Waals surface area contributed by atoms with Crippen molar-refractivity contribution in [3.63, 3.8) is 0 Å². The van der Waals surface area contributed by atoms with Crippen LogP contribution < -0.4 is 4.74 Å². The molecule has 0 radical (unpaired) electrons. The molecule has 0 fully saturated rings. The number of aryl methyl sites for hydroxylation is 1. The van der Waals surface area contributed by atoms with Gasteiger partial charge in [-0.3, -0.25) is 0 Å². The van der Waals surface area contributed by atoms with Crippen LogP contribution in [0.25, 0.3) is 0 Å². The maximum atomic E-state index is 13.5. The summed E-state index contributed by atoms with van der Waals surface area (Å²) in [5, 5.41) is 0. The molecule has 0 saturated heterocycles. The molecular weight excluding hydrogens is 258 g/mol. The van der Waals surface area contributed by atoms with Crippen LogP contribution in [0, 0.1) is 18.6 Å². The summed E-state index contributed by atoms with van der Waals surface area (Å²) in [6.45, 7) is 6.15.